The monoisotopic (exact) mass is 245 g/mol. The van der Waals surface area contributed by atoms with Crippen LogP contribution < -0.4 is 5.73 Å². The number of carbonyl (C=O) groups is 1. The summed E-state index contributed by atoms with van der Waals surface area (Å²) in [4.78, 5) is 12.4. The van der Waals surface area contributed by atoms with E-state index in [4.69, 9.17) is 10.5 Å². The summed E-state index contributed by atoms with van der Waals surface area (Å²) in [6.45, 7) is 2.79. The molecule has 0 radical (unpaired) electrons. The van der Waals surface area contributed by atoms with E-state index in [1.54, 1.807) is 11.3 Å². The zero-order chi connectivity index (χ0) is 11.1. The van der Waals surface area contributed by atoms with Crippen molar-refractivity contribution in [2.75, 3.05) is 18.9 Å². The van der Waals surface area contributed by atoms with Crippen LogP contribution in [0.15, 0.2) is 17.5 Å². The van der Waals surface area contributed by atoms with E-state index in [1.807, 2.05) is 24.4 Å². The number of hydrogen-bond donors (Lipinski definition) is 1. The molecular weight excluding hydrogens is 230 g/mol. The van der Waals surface area contributed by atoms with E-state index in [0.717, 1.165) is 0 Å². The fourth-order valence-electron chi connectivity index (χ4n) is 1.11. The summed E-state index contributed by atoms with van der Waals surface area (Å²) in [6.07, 6.45) is 0. The molecule has 0 aromatic carbocycles. The number of ether oxygens (including phenoxy) is 1. The van der Waals surface area contributed by atoms with Gasteiger partial charge in [0.1, 0.15) is 0 Å². The van der Waals surface area contributed by atoms with E-state index in [2.05, 4.69) is 0 Å². The molecule has 0 aliphatic carbocycles. The van der Waals surface area contributed by atoms with Gasteiger partial charge in [-0.2, -0.15) is 0 Å². The Morgan fingerprint density at radius 2 is 2.53 bits per heavy atom. The molecule has 1 rings (SSSR count). The average molecular weight is 245 g/mol. The second-order valence-electron chi connectivity index (χ2n) is 2.86. The Morgan fingerprint density at radius 3 is 3.07 bits per heavy atom. The van der Waals surface area contributed by atoms with Gasteiger partial charge in [-0.05, 0) is 18.4 Å². The van der Waals surface area contributed by atoms with Crippen LogP contribution in [0.1, 0.15) is 17.1 Å². The van der Waals surface area contributed by atoms with Gasteiger partial charge in [0.15, 0.2) is 0 Å². The molecule has 0 saturated heterocycles. The zero-order valence-electron chi connectivity index (χ0n) is 8.64. The first kappa shape index (κ1) is 12.5. The third kappa shape index (κ3) is 4.24. The second kappa shape index (κ2) is 6.87. The van der Waals surface area contributed by atoms with Crippen LogP contribution in [-0.2, 0) is 9.53 Å². The molecule has 1 heterocycles. The van der Waals surface area contributed by atoms with Gasteiger partial charge in [-0.3, -0.25) is 4.79 Å². The van der Waals surface area contributed by atoms with Gasteiger partial charge < -0.3 is 10.5 Å². The van der Waals surface area contributed by atoms with Gasteiger partial charge in [0.05, 0.1) is 17.6 Å². The normalized spacial score (nSPS) is 12.4. The van der Waals surface area contributed by atoms with Crippen LogP contribution in [0.5, 0.6) is 0 Å². The van der Waals surface area contributed by atoms with Gasteiger partial charge in [-0.25, -0.2) is 0 Å². The summed E-state index contributed by atoms with van der Waals surface area (Å²) in [6, 6.07) is 4.04. The van der Waals surface area contributed by atoms with Crippen molar-refractivity contribution < 1.29 is 9.53 Å². The molecule has 0 bridgehead atoms. The van der Waals surface area contributed by atoms with Gasteiger partial charge in [0.25, 0.3) is 0 Å². The van der Waals surface area contributed by atoms with E-state index < -0.39 is 0 Å². The first-order valence-corrected chi connectivity index (χ1v) is 6.71. The number of rotatable bonds is 6. The van der Waals surface area contributed by atoms with Gasteiger partial charge in [-0.1, -0.05) is 6.07 Å². The lowest BCUT2D eigenvalue weighted by atomic mass is 10.3. The van der Waals surface area contributed by atoms with Crippen molar-refractivity contribution in [1.82, 2.24) is 0 Å². The predicted molar refractivity (Wildman–Crippen MR) is 65.2 cm³/mol. The Labute approximate surface area is 98.0 Å². The standard InChI is InChI=1S/C10H15NO2S2/c1-2-13-10(12)7-15-9(6-11)8-4-3-5-14-8/h3-5,9H,2,6-7,11H2,1H3. The van der Waals surface area contributed by atoms with Crippen molar-refractivity contribution in [2.45, 2.75) is 12.2 Å². The molecule has 1 aromatic heterocycles. The summed E-state index contributed by atoms with van der Waals surface area (Å²) < 4.78 is 4.86. The van der Waals surface area contributed by atoms with Crippen molar-refractivity contribution in [1.29, 1.82) is 0 Å². The lowest BCUT2D eigenvalue weighted by molar-refractivity contribution is -0.139. The molecule has 0 amide bonds. The fraction of sp³-hybridized carbons (Fsp3) is 0.500. The molecule has 1 atom stereocenters. The molecule has 15 heavy (non-hydrogen) atoms. The highest BCUT2D eigenvalue weighted by Gasteiger charge is 2.13. The van der Waals surface area contributed by atoms with Gasteiger partial charge >= 0.3 is 5.97 Å². The van der Waals surface area contributed by atoms with Crippen LogP contribution in [-0.4, -0.2) is 24.9 Å². The van der Waals surface area contributed by atoms with E-state index in [1.165, 1.54) is 16.6 Å². The SMILES string of the molecule is CCOC(=O)CSC(CN)c1cccs1. The Kier molecular flexibility index (Phi) is 5.75. The summed E-state index contributed by atoms with van der Waals surface area (Å²) in [5.41, 5.74) is 5.66. The molecule has 0 saturated carbocycles. The summed E-state index contributed by atoms with van der Waals surface area (Å²) in [5.74, 6) is 0.200. The molecule has 5 heteroatoms. The molecule has 0 fully saturated rings. The number of esters is 1. The minimum absolute atomic E-state index is 0.169. The van der Waals surface area contributed by atoms with E-state index in [0.29, 0.717) is 18.9 Å². The van der Waals surface area contributed by atoms with Crippen LogP contribution in [0, 0.1) is 0 Å². The van der Waals surface area contributed by atoms with Crippen molar-refractivity contribution in [3.05, 3.63) is 22.4 Å². The van der Waals surface area contributed by atoms with E-state index in [9.17, 15) is 4.79 Å². The number of hydrogen-bond acceptors (Lipinski definition) is 5. The quantitative estimate of drug-likeness (QED) is 0.779. The topological polar surface area (TPSA) is 52.3 Å². The van der Waals surface area contributed by atoms with Crippen LogP contribution in [0.4, 0.5) is 0 Å². The number of thiophene rings is 1. The molecular formula is C10H15NO2S2. The number of carbonyl (C=O) groups excluding carboxylic acids is 1. The van der Waals surface area contributed by atoms with E-state index >= 15 is 0 Å². The minimum Gasteiger partial charge on any atom is -0.465 e. The second-order valence-corrected chi connectivity index (χ2v) is 5.03. The summed E-state index contributed by atoms with van der Waals surface area (Å²) in [5, 5.41) is 2.22. The smallest absolute Gasteiger partial charge is 0.315 e. The molecule has 2 N–H and O–H groups in total. The molecule has 0 aliphatic heterocycles. The summed E-state index contributed by atoms with van der Waals surface area (Å²) in [7, 11) is 0. The Hall–Kier alpha value is -0.520. The van der Waals surface area contributed by atoms with Gasteiger partial charge in [-0.15, -0.1) is 23.1 Å². The van der Waals surface area contributed by atoms with Gasteiger partial charge in [0.2, 0.25) is 0 Å². The predicted octanol–water partition coefficient (Wildman–Crippen LogP) is 2.04. The lowest BCUT2D eigenvalue weighted by Crippen LogP contribution is -2.13. The van der Waals surface area contributed by atoms with Gasteiger partial charge in [0, 0.05) is 11.4 Å². The van der Waals surface area contributed by atoms with Crippen molar-refractivity contribution in [2.24, 2.45) is 5.73 Å². The molecule has 1 unspecified atom stereocenters. The maximum atomic E-state index is 11.2. The average Bonchev–Trinajstić information content (AvgIpc) is 2.72. The Balaban J connectivity index is 2.38. The third-order valence-corrected chi connectivity index (χ3v) is 4.17. The van der Waals surface area contributed by atoms with Crippen molar-refractivity contribution >= 4 is 29.1 Å². The first-order chi connectivity index (χ1) is 7.27. The molecule has 84 valence electrons. The van der Waals surface area contributed by atoms with Crippen molar-refractivity contribution in [3.8, 4) is 0 Å². The highest BCUT2D eigenvalue weighted by atomic mass is 32.2. The maximum absolute atomic E-state index is 11.2. The van der Waals surface area contributed by atoms with Crippen LogP contribution in [0.25, 0.3) is 0 Å². The molecule has 0 spiro atoms. The number of thioether (sulfide) groups is 1. The van der Waals surface area contributed by atoms with Crippen molar-refractivity contribution in [3.63, 3.8) is 0 Å². The van der Waals surface area contributed by atoms with E-state index in [-0.39, 0.29) is 11.2 Å². The maximum Gasteiger partial charge on any atom is 0.315 e. The number of nitrogens with two attached hydrogens (primary N) is 1. The Morgan fingerprint density at radius 1 is 1.73 bits per heavy atom. The highest BCUT2D eigenvalue weighted by Crippen LogP contribution is 2.30. The minimum atomic E-state index is -0.169. The third-order valence-electron chi connectivity index (χ3n) is 1.78. The molecule has 3 nitrogen and oxygen atoms in total. The largest absolute Gasteiger partial charge is 0.465 e. The lowest BCUT2D eigenvalue weighted by Gasteiger charge is -2.11. The van der Waals surface area contributed by atoms with Crippen LogP contribution >= 0.6 is 23.1 Å². The Bertz CT molecular complexity index is 288. The van der Waals surface area contributed by atoms with Crippen LogP contribution in [0.2, 0.25) is 0 Å². The van der Waals surface area contributed by atoms with Crippen LogP contribution in [0.3, 0.4) is 0 Å². The molecule has 1 aromatic rings. The highest BCUT2D eigenvalue weighted by molar-refractivity contribution is 8.00. The fourth-order valence-corrected chi connectivity index (χ4v) is 3.00. The zero-order valence-corrected chi connectivity index (χ0v) is 10.3. The first-order valence-electron chi connectivity index (χ1n) is 4.78. The summed E-state index contributed by atoms with van der Waals surface area (Å²) >= 11 is 3.21. The molecule has 0 aliphatic rings.